The van der Waals surface area contributed by atoms with Gasteiger partial charge in [-0.05, 0) is 121 Å². The number of allylic oxidation sites excluding steroid dienone is 1. The molecule has 0 aromatic rings. The molecule has 0 saturated heterocycles. The van der Waals surface area contributed by atoms with E-state index in [1.807, 2.05) is 0 Å². The van der Waals surface area contributed by atoms with E-state index in [0.29, 0.717) is 29.7 Å². The Bertz CT molecular complexity index is 907. The van der Waals surface area contributed by atoms with Gasteiger partial charge in [0.2, 0.25) is 0 Å². The van der Waals surface area contributed by atoms with Gasteiger partial charge in [0, 0.05) is 0 Å². The first-order valence-corrected chi connectivity index (χ1v) is 13.8. The van der Waals surface area contributed by atoms with Gasteiger partial charge in [-0.2, -0.15) is 0 Å². The van der Waals surface area contributed by atoms with Gasteiger partial charge in [-0.3, -0.25) is 9.59 Å². The fraction of sp³-hybridized carbons (Fsp3) is 0.867. The Morgan fingerprint density at radius 1 is 0.853 bits per heavy atom. The van der Waals surface area contributed by atoms with Gasteiger partial charge in [-0.1, -0.05) is 41.2 Å². The molecule has 5 fully saturated rings. The third-order valence-electron chi connectivity index (χ3n) is 13.5. The predicted molar refractivity (Wildman–Crippen MR) is 133 cm³/mol. The van der Waals surface area contributed by atoms with Gasteiger partial charge >= 0.3 is 5.97 Å². The topological polar surface area (TPSA) is 74.6 Å². The quantitative estimate of drug-likeness (QED) is 0.377. The van der Waals surface area contributed by atoms with Gasteiger partial charge in [0.25, 0.3) is 0 Å². The van der Waals surface area contributed by atoms with Crippen LogP contribution in [0.2, 0.25) is 0 Å². The minimum atomic E-state index is -0.692. The molecule has 10 atom stereocenters. The van der Waals surface area contributed by atoms with Gasteiger partial charge in [0.1, 0.15) is 6.29 Å². The summed E-state index contributed by atoms with van der Waals surface area (Å²) in [4.78, 5) is 24.5. The summed E-state index contributed by atoms with van der Waals surface area (Å²) in [6, 6.07) is 0. The molecule has 0 aromatic carbocycles. The van der Waals surface area contributed by atoms with Crippen molar-refractivity contribution in [2.75, 3.05) is 0 Å². The van der Waals surface area contributed by atoms with Crippen LogP contribution in [0.25, 0.3) is 0 Å². The van der Waals surface area contributed by atoms with E-state index in [1.165, 1.54) is 0 Å². The Labute approximate surface area is 206 Å². The van der Waals surface area contributed by atoms with Crippen LogP contribution in [0.15, 0.2) is 12.2 Å². The van der Waals surface area contributed by atoms with Crippen molar-refractivity contribution in [1.82, 2.24) is 0 Å². The molecule has 2 N–H and O–H groups in total. The molecule has 5 saturated carbocycles. The Balaban J connectivity index is 1.57. The van der Waals surface area contributed by atoms with E-state index in [2.05, 4.69) is 41.2 Å². The third-order valence-corrected chi connectivity index (χ3v) is 13.5. The van der Waals surface area contributed by atoms with E-state index < -0.39 is 11.4 Å². The number of carboxylic acids is 1. The minimum Gasteiger partial charge on any atom is -0.481 e. The molecular formula is C30H46O4. The molecule has 0 spiro atoms. The molecule has 0 unspecified atom stereocenters. The van der Waals surface area contributed by atoms with Gasteiger partial charge in [-0.25, -0.2) is 0 Å². The molecule has 0 radical (unpaired) electrons. The number of carbonyl (C=O) groups is 2. The van der Waals surface area contributed by atoms with Crippen LogP contribution in [-0.4, -0.2) is 28.6 Å². The average molecular weight is 471 g/mol. The second-order valence-corrected chi connectivity index (χ2v) is 14.4. The SMILES string of the molecule is C=C(C=O)[C@@H]1CC[C@]2(C(=O)O)CC[C@]3(C)[C@H](CC[C@@H]4[C@@]5(C)CC[C@H](O)C(C)(C)[C@@H]5CC[C@]43C)[C@H]12. The van der Waals surface area contributed by atoms with Crippen molar-refractivity contribution in [3.8, 4) is 0 Å². The Hall–Kier alpha value is -1.16. The molecule has 5 aliphatic rings. The first-order chi connectivity index (χ1) is 15.8. The van der Waals surface area contributed by atoms with Gasteiger partial charge < -0.3 is 10.2 Å². The number of aliphatic carboxylic acids is 1. The van der Waals surface area contributed by atoms with Crippen molar-refractivity contribution in [1.29, 1.82) is 0 Å². The zero-order valence-corrected chi connectivity index (χ0v) is 22.0. The fourth-order valence-corrected chi connectivity index (χ4v) is 11.5. The highest BCUT2D eigenvalue weighted by atomic mass is 16.4. The maximum Gasteiger partial charge on any atom is 0.309 e. The third kappa shape index (κ3) is 2.75. The number of fused-ring (bicyclic) bond motifs is 7. The van der Waals surface area contributed by atoms with Crippen molar-refractivity contribution in [3.05, 3.63) is 12.2 Å². The molecule has 190 valence electrons. The van der Waals surface area contributed by atoms with Crippen LogP contribution in [0.3, 0.4) is 0 Å². The summed E-state index contributed by atoms with van der Waals surface area (Å²) in [7, 11) is 0. The van der Waals surface area contributed by atoms with E-state index in [1.54, 1.807) is 0 Å². The van der Waals surface area contributed by atoms with E-state index in [9.17, 15) is 19.8 Å². The fourth-order valence-electron chi connectivity index (χ4n) is 11.5. The van der Waals surface area contributed by atoms with Crippen LogP contribution >= 0.6 is 0 Å². The number of hydrogen-bond donors (Lipinski definition) is 2. The molecular weight excluding hydrogens is 424 g/mol. The van der Waals surface area contributed by atoms with Gasteiger partial charge in [0.05, 0.1) is 11.5 Å². The summed E-state index contributed by atoms with van der Waals surface area (Å²) in [5.74, 6) is 0.830. The largest absolute Gasteiger partial charge is 0.481 e. The van der Waals surface area contributed by atoms with E-state index >= 15 is 0 Å². The lowest BCUT2D eigenvalue weighted by atomic mass is 9.32. The van der Waals surface area contributed by atoms with E-state index in [4.69, 9.17) is 0 Å². The number of hydrogen-bond acceptors (Lipinski definition) is 3. The second kappa shape index (κ2) is 7.43. The van der Waals surface area contributed by atoms with Crippen molar-refractivity contribution in [2.24, 2.45) is 56.7 Å². The molecule has 34 heavy (non-hydrogen) atoms. The molecule has 0 bridgehead atoms. The standard InChI is InChI=1S/C30H46O4/c1-18(17-31)19-9-14-30(25(33)34)16-15-28(5)20(24(19)30)7-8-22-27(4)12-11-23(32)26(2,3)21(27)10-13-29(22,28)6/h17,19-24,32H,1,7-16H2,2-6H3,(H,33,34)/t19-,20+,21-,22+,23-,24-,27-,28+,29+,30-/m0/s1. The Morgan fingerprint density at radius 2 is 1.56 bits per heavy atom. The second-order valence-electron chi connectivity index (χ2n) is 14.4. The van der Waals surface area contributed by atoms with E-state index in [-0.39, 0.29) is 39.6 Å². The zero-order valence-electron chi connectivity index (χ0n) is 22.0. The number of aliphatic hydroxyl groups excluding tert-OH is 1. The molecule has 5 rings (SSSR count). The van der Waals surface area contributed by atoms with Crippen LogP contribution < -0.4 is 0 Å². The molecule has 4 nitrogen and oxygen atoms in total. The van der Waals surface area contributed by atoms with Crippen LogP contribution in [0, 0.1) is 56.7 Å². The summed E-state index contributed by atoms with van der Waals surface area (Å²) < 4.78 is 0. The van der Waals surface area contributed by atoms with Gasteiger partial charge in [0.15, 0.2) is 0 Å². The molecule has 0 heterocycles. The summed E-state index contributed by atoms with van der Waals surface area (Å²) in [5.41, 5.74) is 0.298. The summed E-state index contributed by atoms with van der Waals surface area (Å²) in [6.07, 6.45) is 10.3. The number of aldehydes is 1. The lowest BCUT2D eigenvalue weighted by Crippen LogP contribution is -2.67. The average Bonchev–Trinajstić information content (AvgIpc) is 3.18. The normalized spacial score (nSPS) is 53.6. The van der Waals surface area contributed by atoms with Crippen LogP contribution in [0.5, 0.6) is 0 Å². The smallest absolute Gasteiger partial charge is 0.309 e. The summed E-state index contributed by atoms with van der Waals surface area (Å²) in [5, 5.41) is 21.4. The molecule has 0 aromatic heterocycles. The highest BCUT2D eigenvalue weighted by Gasteiger charge is 2.72. The minimum absolute atomic E-state index is 0.00839. The van der Waals surface area contributed by atoms with E-state index in [0.717, 1.165) is 64.1 Å². The number of aliphatic hydroxyl groups is 1. The molecule has 0 amide bonds. The highest BCUT2D eigenvalue weighted by Crippen LogP contribution is 2.77. The zero-order chi connectivity index (χ0) is 24.9. The monoisotopic (exact) mass is 470 g/mol. The van der Waals surface area contributed by atoms with Gasteiger partial charge in [-0.15, -0.1) is 0 Å². The Kier molecular flexibility index (Phi) is 5.36. The molecule has 5 aliphatic carbocycles. The predicted octanol–water partition coefficient (Wildman–Crippen LogP) is 6.27. The highest BCUT2D eigenvalue weighted by molar-refractivity contribution is 5.78. The maximum atomic E-state index is 12.8. The maximum absolute atomic E-state index is 12.8. The molecule has 0 aliphatic heterocycles. The van der Waals surface area contributed by atoms with Crippen LogP contribution in [-0.2, 0) is 9.59 Å². The van der Waals surface area contributed by atoms with Crippen molar-refractivity contribution < 1.29 is 19.8 Å². The lowest BCUT2D eigenvalue weighted by molar-refractivity contribution is -0.248. The first-order valence-electron chi connectivity index (χ1n) is 13.8. The van der Waals surface area contributed by atoms with Crippen LogP contribution in [0.1, 0.15) is 98.8 Å². The summed E-state index contributed by atoms with van der Waals surface area (Å²) in [6.45, 7) is 16.2. The Morgan fingerprint density at radius 3 is 2.21 bits per heavy atom. The van der Waals surface area contributed by atoms with Crippen molar-refractivity contribution in [2.45, 2.75) is 105 Å². The number of carbonyl (C=O) groups excluding carboxylic acids is 1. The number of carboxylic acid groups (broad SMARTS) is 1. The first kappa shape index (κ1) is 24.5. The summed E-state index contributed by atoms with van der Waals surface area (Å²) >= 11 is 0. The lowest BCUT2D eigenvalue weighted by Gasteiger charge is -2.72. The number of rotatable bonds is 3. The van der Waals surface area contributed by atoms with Crippen molar-refractivity contribution in [3.63, 3.8) is 0 Å². The van der Waals surface area contributed by atoms with Crippen molar-refractivity contribution >= 4 is 12.3 Å². The molecule has 4 heteroatoms. The van der Waals surface area contributed by atoms with Crippen LogP contribution in [0.4, 0.5) is 0 Å².